The van der Waals surface area contributed by atoms with Gasteiger partial charge in [0.25, 0.3) is 0 Å². The second kappa shape index (κ2) is 8.75. The van der Waals surface area contributed by atoms with E-state index in [1.165, 1.54) is 12.4 Å². The average Bonchev–Trinajstić information content (AvgIpc) is 3.07. The summed E-state index contributed by atoms with van der Waals surface area (Å²) < 4.78 is 12.8. The minimum Gasteiger partial charge on any atom is -0.457 e. The highest BCUT2D eigenvalue weighted by molar-refractivity contribution is 6.30. The number of rotatable bonds is 6. The van der Waals surface area contributed by atoms with Crippen LogP contribution in [0.1, 0.15) is 21.6 Å². The van der Waals surface area contributed by atoms with E-state index in [1.807, 2.05) is 37.3 Å². The summed E-state index contributed by atoms with van der Waals surface area (Å²) in [5, 5.41) is 4.85. The second-order valence-corrected chi connectivity index (χ2v) is 6.68. The molecule has 4 aromatic rings. The molecule has 0 aliphatic rings. The number of esters is 1. The van der Waals surface area contributed by atoms with Crippen molar-refractivity contribution in [2.24, 2.45) is 0 Å². The molecule has 0 amide bonds. The molecule has 0 saturated heterocycles. The largest absolute Gasteiger partial charge is 0.457 e. The van der Waals surface area contributed by atoms with Gasteiger partial charge < -0.3 is 9.47 Å². The van der Waals surface area contributed by atoms with Gasteiger partial charge in [0.15, 0.2) is 0 Å². The number of carbonyl (C=O) groups is 1. The van der Waals surface area contributed by atoms with E-state index in [1.54, 1.807) is 35.1 Å². The molecular formula is C22H17ClN4O3. The number of halogens is 1. The third-order valence-electron chi connectivity index (χ3n) is 4.31. The molecule has 8 heteroatoms. The zero-order chi connectivity index (χ0) is 20.9. The molecule has 0 saturated carbocycles. The molecule has 0 aliphatic carbocycles. The van der Waals surface area contributed by atoms with Crippen molar-refractivity contribution < 1.29 is 14.3 Å². The molecule has 0 fully saturated rings. The third kappa shape index (κ3) is 4.16. The van der Waals surface area contributed by atoms with Crippen LogP contribution in [0.25, 0.3) is 5.69 Å². The lowest BCUT2D eigenvalue weighted by molar-refractivity contribution is 0.0468. The maximum atomic E-state index is 12.7. The number of hydrogen-bond acceptors (Lipinski definition) is 6. The van der Waals surface area contributed by atoms with Crippen molar-refractivity contribution in [2.75, 3.05) is 0 Å². The molecule has 0 radical (unpaired) electrons. The third-order valence-corrected chi connectivity index (χ3v) is 4.70. The molecule has 0 atom stereocenters. The van der Waals surface area contributed by atoms with Crippen molar-refractivity contribution in [3.8, 4) is 17.3 Å². The molecular weight excluding hydrogens is 404 g/mol. The Hall–Kier alpha value is -3.71. The van der Waals surface area contributed by atoms with E-state index in [0.717, 1.165) is 5.69 Å². The van der Waals surface area contributed by atoms with Gasteiger partial charge in [0.2, 0.25) is 5.88 Å². The van der Waals surface area contributed by atoms with Crippen LogP contribution >= 0.6 is 11.6 Å². The quantitative estimate of drug-likeness (QED) is 0.418. The standard InChI is InChI=1S/C22H17ClN4O3/c1-15-19(20(23)27(26-15)16-7-3-2-4-8-16)14-29-22(28)18-10-6-12-25-21(18)30-17-9-5-11-24-13-17/h2-13H,14H2,1H3. The lowest BCUT2D eigenvalue weighted by atomic mass is 10.2. The molecule has 30 heavy (non-hydrogen) atoms. The number of benzene rings is 1. The lowest BCUT2D eigenvalue weighted by Gasteiger charge is -2.09. The molecule has 0 spiro atoms. The van der Waals surface area contributed by atoms with Gasteiger partial charge in [-0.05, 0) is 43.3 Å². The molecule has 7 nitrogen and oxygen atoms in total. The first-order valence-electron chi connectivity index (χ1n) is 9.13. The van der Waals surface area contributed by atoms with Crippen LogP contribution < -0.4 is 4.74 Å². The summed E-state index contributed by atoms with van der Waals surface area (Å²) in [4.78, 5) is 20.8. The fourth-order valence-corrected chi connectivity index (χ4v) is 3.12. The number of pyridine rings is 2. The zero-order valence-electron chi connectivity index (χ0n) is 16.0. The van der Waals surface area contributed by atoms with E-state index in [-0.39, 0.29) is 18.1 Å². The van der Waals surface area contributed by atoms with E-state index in [2.05, 4.69) is 15.1 Å². The number of aromatic nitrogens is 4. The highest BCUT2D eigenvalue weighted by atomic mass is 35.5. The van der Waals surface area contributed by atoms with Crippen LogP contribution in [0.5, 0.6) is 11.6 Å². The molecule has 3 aromatic heterocycles. The Morgan fingerprint density at radius 1 is 1.07 bits per heavy atom. The normalized spacial score (nSPS) is 10.6. The second-order valence-electron chi connectivity index (χ2n) is 6.33. The maximum absolute atomic E-state index is 12.7. The van der Waals surface area contributed by atoms with E-state index < -0.39 is 5.97 Å². The Morgan fingerprint density at radius 3 is 2.63 bits per heavy atom. The van der Waals surface area contributed by atoms with Crippen molar-refractivity contribution in [3.63, 3.8) is 0 Å². The highest BCUT2D eigenvalue weighted by Gasteiger charge is 2.20. The average molecular weight is 421 g/mol. The summed E-state index contributed by atoms with van der Waals surface area (Å²) in [7, 11) is 0. The van der Waals surface area contributed by atoms with Crippen LogP contribution in [0.2, 0.25) is 5.15 Å². The number of carbonyl (C=O) groups excluding carboxylic acids is 1. The molecule has 150 valence electrons. The van der Waals surface area contributed by atoms with Crippen molar-refractivity contribution in [3.05, 3.63) is 95.2 Å². The summed E-state index contributed by atoms with van der Waals surface area (Å²) >= 11 is 6.50. The van der Waals surface area contributed by atoms with Crippen molar-refractivity contribution in [2.45, 2.75) is 13.5 Å². The van der Waals surface area contributed by atoms with E-state index in [4.69, 9.17) is 21.1 Å². The summed E-state index contributed by atoms with van der Waals surface area (Å²) in [5.74, 6) is 0.0245. The first-order valence-corrected chi connectivity index (χ1v) is 9.50. The van der Waals surface area contributed by atoms with Crippen LogP contribution in [0, 0.1) is 6.92 Å². The number of hydrogen-bond donors (Lipinski definition) is 0. The van der Waals surface area contributed by atoms with Gasteiger partial charge in [-0.15, -0.1) is 0 Å². The van der Waals surface area contributed by atoms with Crippen LogP contribution in [-0.2, 0) is 11.3 Å². The van der Waals surface area contributed by atoms with Crippen molar-refractivity contribution in [1.29, 1.82) is 0 Å². The van der Waals surface area contributed by atoms with Crippen LogP contribution in [0.15, 0.2) is 73.2 Å². The minimum absolute atomic E-state index is 0.0302. The first kappa shape index (κ1) is 19.6. The summed E-state index contributed by atoms with van der Waals surface area (Å²) in [6.07, 6.45) is 4.69. The molecule has 0 bridgehead atoms. The zero-order valence-corrected chi connectivity index (χ0v) is 16.8. The number of para-hydroxylation sites is 1. The van der Waals surface area contributed by atoms with Gasteiger partial charge in [-0.2, -0.15) is 5.10 Å². The highest BCUT2D eigenvalue weighted by Crippen LogP contribution is 2.26. The van der Waals surface area contributed by atoms with Gasteiger partial charge in [-0.3, -0.25) is 4.98 Å². The fraction of sp³-hybridized carbons (Fsp3) is 0.0909. The molecule has 3 heterocycles. The SMILES string of the molecule is Cc1nn(-c2ccccc2)c(Cl)c1COC(=O)c1cccnc1Oc1cccnc1. The molecule has 0 unspecified atom stereocenters. The Kier molecular flexibility index (Phi) is 5.72. The Balaban J connectivity index is 1.52. The van der Waals surface area contributed by atoms with Gasteiger partial charge in [-0.25, -0.2) is 14.5 Å². The monoisotopic (exact) mass is 420 g/mol. The van der Waals surface area contributed by atoms with Crippen LogP contribution in [-0.4, -0.2) is 25.7 Å². The van der Waals surface area contributed by atoms with Gasteiger partial charge in [0.1, 0.15) is 23.1 Å². The predicted molar refractivity (Wildman–Crippen MR) is 111 cm³/mol. The van der Waals surface area contributed by atoms with E-state index >= 15 is 0 Å². The smallest absolute Gasteiger partial charge is 0.344 e. The van der Waals surface area contributed by atoms with Crippen molar-refractivity contribution in [1.82, 2.24) is 19.7 Å². The molecule has 0 aliphatic heterocycles. The Morgan fingerprint density at radius 2 is 1.87 bits per heavy atom. The Labute approximate surface area is 177 Å². The van der Waals surface area contributed by atoms with Gasteiger partial charge in [0, 0.05) is 18.0 Å². The number of aryl methyl sites for hydroxylation is 1. The van der Waals surface area contributed by atoms with Crippen LogP contribution in [0.3, 0.4) is 0 Å². The van der Waals surface area contributed by atoms with Crippen molar-refractivity contribution >= 4 is 17.6 Å². The summed E-state index contributed by atoms with van der Waals surface area (Å²) in [5.41, 5.74) is 2.33. The molecule has 4 rings (SSSR count). The fourth-order valence-electron chi connectivity index (χ4n) is 2.80. The van der Waals surface area contributed by atoms with Gasteiger partial charge in [0.05, 0.1) is 17.6 Å². The van der Waals surface area contributed by atoms with E-state index in [9.17, 15) is 4.79 Å². The summed E-state index contributed by atoms with van der Waals surface area (Å²) in [6, 6.07) is 16.2. The molecule has 1 aromatic carbocycles. The van der Waals surface area contributed by atoms with Gasteiger partial charge in [-0.1, -0.05) is 29.8 Å². The predicted octanol–water partition coefficient (Wildman–Crippen LogP) is 4.77. The molecule has 0 N–H and O–H groups in total. The maximum Gasteiger partial charge on any atom is 0.344 e. The first-order chi connectivity index (χ1) is 14.6. The number of nitrogens with zero attached hydrogens (tertiary/aromatic N) is 4. The lowest BCUT2D eigenvalue weighted by Crippen LogP contribution is -2.08. The van der Waals surface area contributed by atoms with Gasteiger partial charge >= 0.3 is 5.97 Å². The minimum atomic E-state index is -0.579. The topological polar surface area (TPSA) is 79.1 Å². The number of ether oxygens (including phenoxy) is 2. The Bertz CT molecular complexity index is 1160. The summed E-state index contributed by atoms with van der Waals surface area (Å²) in [6.45, 7) is 1.78. The van der Waals surface area contributed by atoms with E-state index in [0.29, 0.717) is 22.2 Å². The van der Waals surface area contributed by atoms with Crippen LogP contribution in [0.4, 0.5) is 0 Å².